The second-order valence-electron chi connectivity index (χ2n) is 13.9. The molecule has 25 nitrogen and oxygen atoms in total. The lowest BCUT2D eigenvalue weighted by Gasteiger charge is -2.41. The number of hydrogen-bond donors (Lipinski definition) is 0. The molecule has 360 valence electrons. The number of nitrogens with zero attached hydrogens (tertiary/aromatic N) is 1. The Labute approximate surface area is 386 Å². The van der Waals surface area contributed by atoms with Crippen LogP contribution in [-0.2, 0) is 115 Å². The molecule has 0 aromatic rings. The van der Waals surface area contributed by atoms with Gasteiger partial charge in [0, 0.05) is 25.7 Å². The van der Waals surface area contributed by atoms with E-state index in [1.807, 2.05) is 0 Å². The number of carbonyl (C=O) groups is 24. The smallest absolute Gasteiger partial charge is 0.281 e. The Balaban J connectivity index is 0. The van der Waals surface area contributed by atoms with Gasteiger partial charge in [0.2, 0.25) is 34.7 Å². The number of Topliss-reactive ketones (excluding diaryl/α,β-unsaturated/α-hetero) is 20. The van der Waals surface area contributed by atoms with Crippen LogP contribution in [-0.4, -0.2) is 169 Å². The SMILES string of the molecule is CCCC(=O)C(=O)C(=O)C(=O)C(=O)/C=C\C(=O)C(=O)C(=O)C(=O)C(=O)C(=O)C(=O)C(CC)[N+](C)(C)C(CC)C(=O)C(=O)C(=O)C(=O)C(=O)C(=O)C(=O)/C=C\C(=O)C(=O)C(=O)C(=O)C(=O)CCC.[Cl-]. The standard InChI is InChI=1S/C42H36NO24.ClH/c1-7-11-19(44)27(52)35(60)29(54)21(46)13-15-23(48)31(56)37(62)41(66)39(64)33(58)25(50)17(9-3)43(5,6)18(10-4)26(51)34(59)40(65)42(67)38(63)32(57)24(49)16-14-22(47)30(55)36(61)28(53)20(45)12-8-2;/h13-18H,7-12H2,1-6H3;1H/q+1;/p-1/b15-13-,16-14-;. The number of carbonyl (C=O) groups excluding carboxylic acids is 24. The maximum absolute atomic E-state index is 13.3. The summed E-state index contributed by atoms with van der Waals surface area (Å²) in [6.07, 6.45) is -2.39. The highest BCUT2D eigenvalue weighted by Crippen LogP contribution is 2.22. The summed E-state index contributed by atoms with van der Waals surface area (Å²) in [6, 6.07) is -3.93. The van der Waals surface area contributed by atoms with Gasteiger partial charge in [-0.05, 0) is 37.1 Å². The summed E-state index contributed by atoms with van der Waals surface area (Å²) in [5.74, 6) is -51.7. The fourth-order valence-corrected chi connectivity index (χ4v) is 5.47. The molecule has 0 spiro atoms. The lowest BCUT2D eigenvalue weighted by atomic mass is 9.91. The second kappa shape index (κ2) is 26.7. The monoisotopic (exact) mass is 973 g/mol. The van der Waals surface area contributed by atoms with Gasteiger partial charge in [-0.1, -0.05) is 27.7 Å². The number of ketones is 24. The number of halogens is 1. The zero-order valence-corrected chi connectivity index (χ0v) is 37.1. The molecule has 26 heteroatoms. The van der Waals surface area contributed by atoms with E-state index in [9.17, 15) is 115 Å². The summed E-state index contributed by atoms with van der Waals surface area (Å²) < 4.78 is -1.18. The van der Waals surface area contributed by atoms with Crippen molar-refractivity contribution in [2.24, 2.45) is 0 Å². The number of rotatable bonds is 34. The molecule has 0 amide bonds. The van der Waals surface area contributed by atoms with Crippen LogP contribution in [0.4, 0.5) is 0 Å². The molecule has 0 radical (unpaired) electrons. The second-order valence-corrected chi connectivity index (χ2v) is 13.9. The molecule has 0 N–H and O–H groups in total. The van der Waals surface area contributed by atoms with Crippen molar-refractivity contribution in [2.75, 3.05) is 14.1 Å². The van der Waals surface area contributed by atoms with E-state index in [0.29, 0.717) is 0 Å². The molecular formula is C42H36ClNO24. The molecule has 0 aromatic heterocycles. The molecule has 0 aliphatic carbocycles. The fraction of sp³-hybridized carbons (Fsp3) is 0.333. The van der Waals surface area contributed by atoms with Crippen LogP contribution in [0.15, 0.2) is 24.3 Å². The largest absolute Gasteiger partial charge is 1.00 e. The summed E-state index contributed by atoms with van der Waals surface area (Å²) in [6.45, 7) is 5.15. The van der Waals surface area contributed by atoms with Crippen LogP contribution >= 0.6 is 0 Å². The van der Waals surface area contributed by atoms with Crippen molar-refractivity contribution in [3.8, 4) is 0 Å². The maximum atomic E-state index is 13.3. The first kappa shape index (κ1) is 61.9. The Bertz CT molecular complexity index is 2350. The van der Waals surface area contributed by atoms with Crippen LogP contribution in [0.5, 0.6) is 0 Å². The number of likely N-dealkylation sites (N-methyl/N-ethyl adjacent to an activating group) is 1. The highest BCUT2D eigenvalue weighted by atomic mass is 35.5. The summed E-state index contributed by atoms with van der Waals surface area (Å²) in [5, 5.41) is 0. The van der Waals surface area contributed by atoms with E-state index in [2.05, 4.69) is 0 Å². The van der Waals surface area contributed by atoms with Crippen molar-refractivity contribution < 1.29 is 132 Å². The van der Waals surface area contributed by atoms with E-state index >= 15 is 0 Å². The molecule has 0 saturated heterocycles. The zero-order chi connectivity index (χ0) is 52.6. The van der Waals surface area contributed by atoms with Crippen molar-refractivity contribution in [1.82, 2.24) is 0 Å². The summed E-state index contributed by atoms with van der Waals surface area (Å²) in [7, 11) is 1.88. The number of hydrogen-bond acceptors (Lipinski definition) is 24. The van der Waals surface area contributed by atoms with Crippen molar-refractivity contribution in [1.29, 1.82) is 0 Å². The van der Waals surface area contributed by atoms with Crippen molar-refractivity contribution >= 4 is 139 Å². The van der Waals surface area contributed by atoms with E-state index < -0.39 is 181 Å². The van der Waals surface area contributed by atoms with Gasteiger partial charge >= 0.3 is 0 Å². The van der Waals surface area contributed by atoms with Gasteiger partial charge in [-0.15, -0.1) is 0 Å². The minimum Gasteiger partial charge on any atom is -1.00 e. The van der Waals surface area contributed by atoms with Gasteiger partial charge in [0.1, 0.15) is 0 Å². The molecular weight excluding hydrogens is 938 g/mol. The highest BCUT2D eigenvalue weighted by Gasteiger charge is 2.51. The van der Waals surface area contributed by atoms with Gasteiger partial charge in [-0.3, -0.25) is 115 Å². The quantitative estimate of drug-likeness (QED) is 0.0250. The normalized spacial score (nSPS) is 11.6. The summed E-state index contributed by atoms with van der Waals surface area (Å²) >= 11 is 0. The van der Waals surface area contributed by atoms with E-state index in [0.717, 1.165) is 27.9 Å². The first-order valence-electron chi connectivity index (χ1n) is 19.1. The third kappa shape index (κ3) is 14.9. The van der Waals surface area contributed by atoms with Gasteiger partial charge in [-0.25, -0.2) is 0 Å². The van der Waals surface area contributed by atoms with Crippen molar-refractivity contribution in [3.05, 3.63) is 24.3 Å². The Kier molecular flexibility index (Phi) is 24.3. The van der Waals surface area contributed by atoms with E-state index in [1.54, 1.807) is 0 Å². The van der Waals surface area contributed by atoms with Crippen molar-refractivity contribution in [2.45, 2.75) is 78.3 Å². The van der Waals surface area contributed by atoms with Crippen molar-refractivity contribution in [3.63, 3.8) is 0 Å². The first-order chi connectivity index (χ1) is 30.9. The van der Waals surface area contributed by atoms with Crippen LogP contribution < -0.4 is 12.4 Å². The Morgan fingerprint density at radius 2 is 0.500 bits per heavy atom. The molecule has 68 heavy (non-hydrogen) atoms. The van der Waals surface area contributed by atoms with E-state index in [1.165, 1.54) is 13.8 Å². The molecule has 0 saturated carbocycles. The molecule has 0 aliphatic rings. The Morgan fingerprint density at radius 3 is 0.706 bits per heavy atom. The predicted octanol–water partition coefficient (Wildman–Crippen LogP) is -8.01. The predicted molar refractivity (Wildman–Crippen MR) is 209 cm³/mol. The first-order valence-corrected chi connectivity index (χ1v) is 19.1. The van der Waals surface area contributed by atoms with Crippen LogP contribution in [0.3, 0.4) is 0 Å². The third-order valence-corrected chi connectivity index (χ3v) is 9.04. The van der Waals surface area contributed by atoms with Gasteiger partial charge in [0.25, 0.3) is 104 Å². The minimum atomic E-state index is -2.60. The van der Waals surface area contributed by atoms with Crippen LogP contribution in [0, 0.1) is 0 Å². The lowest BCUT2D eigenvalue weighted by Crippen LogP contribution is -3.00. The molecule has 0 fully saturated rings. The molecule has 0 bridgehead atoms. The van der Waals surface area contributed by atoms with Gasteiger partial charge in [0.05, 0.1) is 14.1 Å². The minimum absolute atomic E-state index is 0. The fourth-order valence-electron chi connectivity index (χ4n) is 5.47. The Hall–Kier alpha value is -8.19. The summed E-state index contributed by atoms with van der Waals surface area (Å²) in [5.41, 5.74) is 0. The topological polar surface area (TPSA) is 410 Å². The van der Waals surface area contributed by atoms with Crippen LogP contribution in [0.1, 0.15) is 66.2 Å². The zero-order valence-electron chi connectivity index (χ0n) is 36.3. The Morgan fingerprint density at radius 1 is 0.309 bits per heavy atom. The summed E-state index contributed by atoms with van der Waals surface area (Å²) in [4.78, 5) is 293. The van der Waals surface area contributed by atoms with Crippen LogP contribution in [0.25, 0.3) is 0 Å². The molecule has 0 aromatic carbocycles. The average molecular weight is 974 g/mol. The third-order valence-electron chi connectivity index (χ3n) is 9.04. The maximum Gasteiger partial charge on any atom is 0.281 e. The lowest BCUT2D eigenvalue weighted by molar-refractivity contribution is -0.920. The van der Waals surface area contributed by atoms with Gasteiger partial charge < -0.3 is 16.9 Å². The molecule has 2 atom stereocenters. The molecule has 0 aliphatic heterocycles. The molecule has 0 rings (SSSR count). The highest BCUT2D eigenvalue weighted by molar-refractivity contribution is 6.97. The van der Waals surface area contributed by atoms with Crippen LogP contribution in [0.2, 0.25) is 0 Å². The number of allylic oxidation sites excluding steroid dienone is 4. The molecule has 2 unspecified atom stereocenters. The van der Waals surface area contributed by atoms with E-state index in [4.69, 9.17) is 0 Å². The van der Waals surface area contributed by atoms with Gasteiger partial charge in [0.15, 0.2) is 12.1 Å². The number of quaternary nitrogens is 1. The van der Waals surface area contributed by atoms with E-state index in [-0.39, 0.29) is 49.6 Å². The average Bonchev–Trinajstić information content (AvgIpc) is 3.30. The van der Waals surface area contributed by atoms with Gasteiger partial charge in [-0.2, -0.15) is 0 Å². The molecule has 0 heterocycles.